The summed E-state index contributed by atoms with van der Waals surface area (Å²) in [5.41, 5.74) is 1.12. The van der Waals surface area contributed by atoms with Crippen LogP contribution in [0.3, 0.4) is 0 Å². The number of aromatic nitrogens is 1. The van der Waals surface area contributed by atoms with E-state index in [2.05, 4.69) is 10.3 Å². The van der Waals surface area contributed by atoms with Gasteiger partial charge in [-0.25, -0.2) is 4.98 Å². The number of amides is 1. The standard InChI is InChI=1S/C13H14N2OS/c16-12(6-7-13-14-8-9-17-13)15-10-11-4-2-1-3-5-11/h1-5,8-9H,6-7,10H2,(H,15,16). The van der Waals surface area contributed by atoms with Gasteiger partial charge in [0.1, 0.15) is 0 Å². The Morgan fingerprint density at radius 1 is 1.29 bits per heavy atom. The molecule has 2 aromatic rings. The molecule has 0 atom stereocenters. The molecule has 0 fully saturated rings. The lowest BCUT2D eigenvalue weighted by molar-refractivity contribution is -0.121. The van der Waals surface area contributed by atoms with Crippen molar-refractivity contribution in [3.63, 3.8) is 0 Å². The average molecular weight is 246 g/mol. The van der Waals surface area contributed by atoms with Crippen LogP contribution < -0.4 is 5.32 Å². The Kier molecular flexibility index (Phi) is 4.27. The van der Waals surface area contributed by atoms with Gasteiger partial charge in [-0.15, -0.1) is 11.3 Å². The van der Waals surface area contributed by atoms with E-state index in [1.54, 1.807) is 17.5 Å². The van der Waals surface area contributed by atoms with Crippen molar-refractivity contribution in [2.45, 2.75) is 19.4 Å². The molecule has 0 bridgehead atoms. The Morgan fingerprint density at radius 2 is 2.12 bits per heavy atom. The second-order valence-corrected chi connectivity index (χ2v) is 4.67. The normalized spacial score (nSPS) is 10.1. The van der Waals surface area contributed by atoms with Crippen LogP contribution in [-0.2, 0) is 17.8 Å². The van der Waals surface area contributed by atoms with Crippen molar-refractivity contribution in [3.8, 4) is 0 Å². The lowest BCUT2D eigenvalue weighted by Gasteiger charge is -2.04. The molecule has 1 amide bonds. The first-order valence-corrected chi connectivity index (χ1v) is 6.41. The molecule has 1 aromatic heterocycles. The molecule has 1 aromatic carbocycles. The van der Waals surface area contributed by atoms with Crippen LogP contribution >= 0.6 is 11.3 Å². The zero-order valence-electron chi connectivity index (χ0n) is 9.43. The highest BCUT2D eigenvalue weighted by molar-refractivity contribution is 7.09. The Labute approximate surface area is 105 Å². The molecule has 88 valence electrons. The van der Waals surface area contributed by atoms with Gasteiger partial charge in [-0.2, -0.15) is 0 Å². The molecule has 0 aliphatic rings. The maximum atomic E-state index is 11.6. The highest BCUT2D eigenvalue weighted by Crippen LogP contribution is 2.06. The summed E-state index contributed by atoms with van der Waals surface area (Å²) in [6.45, 7) is 0.595. The topological polar surface area (TPSA) is 42.0 Å². The van der Waals surface area contributed by atoms with Crippen molar-refractivity contribution < 1.29 is 4.79 Å². The number of hydrogen-bond acceptors (Lipinski definition) is 3. The molecule has 3 nitrogen and oxygen atoms in total. The van der Waals surface area contributed by atoms with Crippen LogP contribution in [0.25, 0.3) is 0 Å². The van der Waals surface area contributed by atoms with Crippen molar-refractivity contribution in [2.75, 3.05) is 0 Å². The van der Waals surface area contributed by atoms with Crippen molar-refractivity contribution in [3.05, 3.63) is 52.5 Å². The fourth-order valence-electron chi connectivity index (χ4n) is 1.48. The van der Waals surface area contributed by atoms with Gasteiger partial charge >= 0.3 is 0 Å². The summed E-state index contributed by atoms with van der Waals surface area (Å²) in [4.78, 5) is 15.7. The molecule has 0 saturated carbocycles. The van der Waals surface area contributed by atoms with Crippen molar-refractivity contribution >= 4 is 17.2 Å². The van der Waals surface area contributed by atoms with Gasteiger partial charge in [-0.05, 0) is 5.56 Å². The number of benzene rings is 1. The second-order valence-electron chi connectivity index (χ2n) is 3.69. The number of thiazole rings is 1. The van der Waals surface area contributed by atoms with Gasteiger partial charge < -0.3 is 5.32 Å². The summed E-state index contributed by atoms with van der Waals surface area (Å²) in [5, 5.41) is 5.84. The lowest BCUT2D eigenvalue weighted by atomic mass is 10.2. The summed E-state index contributed by atoms with van der Waals surface area (Å²) in [5.74, 6) is 0.0732. The van der Waals surface area contributed by atoms with Crippen molar-refractivity contribution in [1.82, 2.24) is 10.3 Å². The lowest BCUT2D eigenvalue weighted by Crippen LogP contribution is -2.22. The van der Waals surface area contributed by atoms with E-state index in [9.17, 15) is 4.79 Å². The van der Waals surface area contributed by atoms with Crippen LogP contribution in [-0.4, -0.2) is 10.9 Å². The first-order chi connectivity index (χ1) is 8.34. The molecule has 0 unspecified atom stereocenters. The molecule has 0 aliphatic heterocycles. The number of carbonyl (C=O) groups is 1. The van der Waals surface area contributed by atoms with Crippen LogP contribution in [0.4, 0.5) is 0 Å². The Bertz CT molecular complexity index is 454. The Morgan fingerprint density at radius 3 is 2.82 bits per heavy atom. The zero-order chi connectivity index (χ0) is 11.9. The Hall–Kier alpha value is -1.68. The number of rotatable bonds is 5. The number of nitrogens with zero attached hydrogens (tertiary/aromatic N) is 1. The molecule has 0 spiro atoms. The summed E-state index contributed by atoms with van der Waals surface area (Å²) in [7, 11) is 0. The van der Waals surface area contributed by atoms with Crippen LogP contribution in [0, 0.1) is 0 Å². The molecular formula is C13H14N2OS. The average Bonchev–Trinajstić information content (AvgIpc) is 2.88. The van der Waals surface area contributed by atoms with Crippen LogP contribution in [0.15, 0.2) is 41.9 Å². The van der Waals surface area contributed by atoms with E-state index in [0.29, 0.717) is 13.0 Å². The summed E-state index contributed by atoms with van der Waals surface area (Å²) in [6, 6.07) is 9.91. The summed E-state index contributed by atoms with van der Waals surface area (Å²) in [6.07, 6.45) is 2.99. The minimum absolute atomic E-state index is 0.0732. The third-order valence-corrected chi connectivity index (χ3v) is 3.22. The molecule has 2 rings (SSSR count). The van der Waals surface area contributed by atoms with Crippen molar-refractivity contribution in [1.29, 1.82) is 0 Å². The minimum atomic E-state index is 0.0732. The SMILES string of the molecule is O=C(CCc1nccs1)NCc1ccccc1. The van der Waals surface area contributed by atoms with Gasteiger partial charge in [0.15, 0.2) is 0 Å². The quantitative estimate of drug-likeness (QED) is 0.880. The van der Waals surface area contributed by atoms with Crippen LogP contribution in [0.5, 0.6) is 0 Å². The maximum absolute atomic E-state index is 11.6. The van der Waals surface area contributed by atoms with E-state index in [4.69, 9.17) is 0 Å². The van der Waals surface area contributed by atoms with E-state index in [-0.39, 0.29) is 5.91 Å². The van der Waals surface area contributed by atoms with Crippen molar-refractivity contribution in [2.24, 2.45) is 0 Å². The predicted octanol–water partition coefficient (Wildman–Crippen LogP) is 2.39. The summed E-state index contributed by atoms with van der Waals surface area (Å²) >= 11 is 1.59. The highest BCUT2D eigenvalue weighted by atomic mass is 32.1. The fraction of sp³-hybridized carbons (Fsp3) is 0.231. The van der Waals surface area contributed by atoms with Gasteiger partial charge in [0.05, 0.1) is 5.01 Å². The first kappa shape index (κ1) is 11.8. The van der Waals surface area contributed by atoms with E-state index in [1.807, 2.05) is 35.7 Å². The molecule has 1 heterocycles. The molecule has 0 radical (unpaired) electrons. The van der Waals surface area contributed by atoms with E-state index in [0.717, 1.165) is 17.0 Å². The van der Waals surface area contributed by atoms with E-state index < -0.39 is 0 Å². The van der Waals surface area contributed by atoms with Crippen LogP contribution in [0.1, 0.15) is 17.0 Å². The summed E-state index contributed by atoms with van der Waals surface area (Å²) < 4.78 is 0. The minimum Gasteiger partial charge on any atom is -0.352 e. The predicted molar refractivity (Wildman–Crippen MR) is 68.7 cm³/mol. The largest absolute Gasteiger partial charge is 0.352 e. The van der Waals surface area contributed by atoms with Gasteiger partial charge in [0, 0.05) is 31.0 Å². The highest BCUT2D eigenvalue weighted by Gasteiger charge is 2.03. The van der Waals surface area contributed by atoms with Gasteiger partial charge in [-0.3, -0.25) is 4.79 Å². The Balaban J connectivity index is 1.71. The molecule has 0 saturated heterocycles. The molecule has 0 aliphatic carbocycles. The monoisotopic (exact) mass is 246 g/mol. The number of hydrogen-bond donors (Lipinski definition) is 1. The molecule has 17 heavy (non-hydrogen) atoms. The zero-order valence-corrected chi connectivity index (χ0v) is 10.2. The van der Waals surface area contributed by atoms with E-state index in [1.165, 1.54) is 0 Å². The van der Waals surface area contributed by atoms with Gasteiger partial charge in [0.25, 0.3) is 0 Å². The first-order valence-electron chi connectivity index (χ1n) is 5.53. The molecule has 4 heteroatoms. The molecule has 1 N–H and O–H groups in total. The fourth-order valence-corrected chi connectivity index (χ4v) is 2.10. The number of nitrogens with one attached hydrogen (secondary N) is 1. The van der Waals surface area contributed by atoms with E-state index >= 15 is 0 Å². The number of carbonyl (C=O) groups excluding carboxylic acids is 1. The number of aryl methyl sites for hydroxylation is 1. The smallest absolute Gasteiger partial charge is 0.220 e. The van der Waals surface area contributed by atoms with Crippen LogP contribution in [0.2, 0.25) is 0 Å². The molecular weight excluding hydrogens is 232 g/mol. The van der Waals surface area contributed by atoms with Gasteiger partial charge in [-0.1, -0.05) is 30.3 Å². The third kappa shape index (κ3) is 4.00. The second kappa shape index (κ2) is 6.15. The maximum Gasteiger partial charge on any atom is 0.220 e. The van der Waals surface area contributed by atoms with Gasteiger partial charge in [0.2, 0.25) is 5.91 Å². The third-order valence-electron chi connectivity index (χ3n) is 2.38.